The molecule has 1 atom stereocenters. The normalized spacial score (nSPS) is 45.8. The van der Waals surface area contributed by atoms with Gasteiger partial charge in [0.1, 0.15) is 0 Å². The Morgan fingerprint density at radius 1 is 1.47 bits per heavy atom. The Morgan fingerprint density at radius 2 is 2.11 bits per heavy atom. The highest BCUT2D eigenvalue weighted by atomic mass is 35.5. The molecule has 0 aromatic heterocycles. The summed E-state index contributed by atoms with van der Waals surface area (Å²) in [5, 5.41) is -0.826. The zero-order valence-electron chi connectivity index (χ0n) is 29.4. The Kier molecular flexibility index (Phi) is 1.17. The molecule has 0 saturated heterocycles. The predicted molar refractivity (Wildman–Crippen MR) is 83.9 cm³/mol. The molecule has 0 heterocycles. The summed E-state index contributed by atoms with van der Waals surface area (Å²) in [5.41, 5.74) is -5.35. The van der Waals surface area contributed by atoms with Crippen LogP contribution < -0.4 is 0 Å². The number of benzene rings is 1. The van der Waals surface area contributed by atoms with Gasteiger partial charge in [0.15, 0.2) is 0 Å². The van der Waals surface area contributed by atoms with Crippen molar-refractivity contribution < 1.29 is 26.0 Å². The summed E-state index contributed by atoms with van der Waals surface area (Å²) in [4.78, 5) is -0.710. The van der Waals surface area contributed by atoms with Gasteiger partial charge in [0.25, 0.3) is 0 Å². The first kappa shape index (κ1) is 3.81. The van der Waals surface area contributed by atoms with E-state index in [4.69, 9.17) is 36.3 Å². The van der Waals surface area contributed by atoms with Crippen molar-refractivity contribution in [2.75, 3.05) is 14.0 Å². The molecule has 1 aliphatic carbocycles. The van der Waals surface area contributed by atoms with E-state index in [1.54, 1.807) is 0 Å². The molecule has 2 heteroatoms. The van der Waals surface area contributed by atoms with Crippen LogP contribution >= 0.6 is 11.6 Å². The van der Waals surface area contributed by atoms with E-state index in [0.717, 1.165) is 13.8 Å². The molecular weight excluding hydrogens is 254 g/mol. The molecule has 1 saturated carbocycles. The van der Waals surface area contributed by atoms with Gasteiger partial charge >= 0.3 is 0 Å². The molecule has 0 amide bonds. The molecule has 0 radical (unpaired) electrons. The fraction of sp³-hybridized carbons (Fsp3) is 0.647. The van der Waals surface area contributed by atoms with Crippen LogP contribution in [0, 0.1) is 5.92 Å². The number of rotatable bonds is 5. The molecule has 1 aromatic rings. The second kappa shape index (κ2) is 5.85. The van der Waals surface area contributed by atoms with E-state index in [2.05, 4.69) is 0 Å². The largest absolute Gasteiger partial charge is 0.306 e. The van der Waals surface area contributed by atoms with E-state index < -0.39 is 96.4 Å². The van der Waals surface area contributed by atoms with Crippen LogP contribution in [-0.4, -0.2) is 24.9 Å². The van der Waals surface area contributed by atoms with Gasteiger partial charge in [-0.2, -0.15) is 0 Å². The SMILES string of the molecule is [2H]c1c([2H])c(C2(C([2H])(N(C([2H])([2H])[2H])C([2H])([2H])[2H])C([2H])([2H])C(C)C)C([2H])([2H])C([2H])([2H])C2([2H])[2H])c([2H])c([2H])c1Cl. The van der Waals surface area contributed by atoms with E-state index >= 15 is 0 Å². The van der Waals surface area contributed by atoms with E-state index in [0.29, 0.717) is 0 Å². The van der Waals surface area contributed by atoms with Gasteiger partial charge in [-0.25, -0.2) is 0 Å². The third-order valence-corrected chi connectivity index (χ3v) is 2.66. The van der Waals surface area contributed by atoms with Crippen LogP contribution in [0.3, 0.4) is 0 Å². The molecule has 19 heavy (non-hydrogen) atoms. The van der Waals surface area contributed by atoms with Crippen molar-refractivity contribution in [3.8, 4) is 0 Å². The summed E-state index contributed by atoms with van der Waals surface area (Å²) in [6.45, 7) is -5.80. The van der Waals surface area contributed by atoms with Crippen molar-refractivity contribution in [2.45, 2.75) is 50.8 Å². The highest BCUT2D eigenvalue weighted by Gasteiger charge is 2.46. The molecule has 0 N–H and O–H groups in total. The molecule has 1 unspecified atom stereocenters. The van der Waals surface area contributed by atoms with Crippen LogP contribution in [0.15, 0.2) is 24.2 Å². The first-order valence-electron chi connectivity index (χ1n) is 15.1. The minimum atomic E-state index is -4.17. The lowest BCUT2D eigenvalue weighted by atomic mass is 9.58. The number of halogens is 1. The van der Waals surface area contributed by atoms with E-state index in [-0.39, 0.29) is 0 Å². The molecule has 2 rings (SSSR count). The van der Waals surface area contributed by atoms with E-state index in [9.17, 15) is 1.37 Å². The van der Waals surface area contributed by atoms with Gasteiger partial charge in [-0.3, -0.25) is 0 Å². The molecule has 0 bridgehead atoms. The number of likely N-dealkylation sites (N-methyl/N-ethyl adjacent to an activating group) is 1. The maximum Gasteiger partial charge on any atom is 0.0639 e. The Balaban J connectivity index is 3.53. The highest BCUT2D eigenvalue weighted by molar-refractivity contribution is 6.30. The van der Waals surface area contributed by atoms with Crippen molar-refractivity contribution in [1.29, 1.82) is 0 Å². The third kappa shape index (κ3) is 2.98. The lowest BCUT2D eigenvalue weighted by Gasteiger charge is -2.51. The van der Waals surface area contributed by atoms with Crippen LogP contribution in [0.2, 0.25) is 5.02 Å². The van der Waals surface area contributed by atoms with Crippen molar-refractivity contribution >= 4 is 11.6 Å². The van der Waals surface area contributed by atoms with Crippen LogP contribution in [0.1, 0.15) is 70.9 Å². The van der Waals surface area contributed by atoms with Crippen molar-refractivity contribution in [2.24, 2.45) is 5.92 Å². The summed E-state index contributed by atoms with van der Waals surface area (Å²) in [5.74, 6) is -1.55. The fourth-order valence-corrected chi connectivity index (χ4v) is 1.74. The van der Waals surface area contributed by atoms with Gasteiger partial charge in [0.05, 0.1) is 5.48 Å². The minimum absolute atomic E-state index is 0.710. The zero-order chi connectivity index (χ0) is 30.6. The van der Waals surface area contributed by atoms with Gasteiger partial charge < -0.3 is 4.90 Å². The maximum atomic E-state index is 9.40. The molecule has 0 spiro atoms. The van der Waals surface area contributed by atoms with E-state index in [1.807, 2.05) is 0 Å². The van der Waals surface area contributed by atoms with Crippen molar-refractivity contribution in [3.05, 3.63) is 34.8 Å². The average Bonchev–Trinajstić information content (AvgIpc) is 2.70. The molecule has 1 fully saturated rings. The molecule has 1 nitrogen and oxygen atoms in total. The second-order valence-electron chi connectivity index (χ2n) is 4.30. The Hall–Kier alpha value is -0.530. The lowest BCUT2D eigenvalue weighted by molar-refractivity contribution is 0.0808. The van der Waals surface area contributed by atoms with Crippen LogP contribution in [0.25, 0.3) is 0 Å². The third-order valence-electron chi connectivity index (χ3n) is 2.47. The quantitative estimate of drug-likeness (QED) is 0.759. The first-order chi connectivity index (χ1) is 16.5. The molecular formula is C17H26ClN. The van der Waals surface area contributed by atoms with Gasteiger partial charge in [-0.1, -0.05) is 43.9 Å². The Labute approximate surface area is 149 Å². The number of hydrogen-bond donors (Lipinski definition) is 0. The molecule has 106 valence electrons. The summed E-state index contributed by atoms with van der Waals surface area (Å²) in [7, 11) is 0. The maximum absolute atomic E-state index is 9.40. The lowest BCUT2D eigenvalue weighted by Crippen LogP contribution is -2.52. The molecule has 1 aromatic carbocycles. The van der Waals surface area contributed by atoms with E-state index in [1.165, 1.54) is 0 Å². The summed E-state index contributed by atoms with van der Waals surface area (Å²) >= 11 is 5.84. The summed E-state index contributed by atoms with van der Waals surface area (Å²) in [6.07, 6.45) is -15.0. The highest BCUT2D eigenvalue weighted by Crippen LogP contribution is 2.49. The minimum Gasteiger partial charge on any atom is -0.306 e. The van der Waals surface area contributed by atoms with Crippen LogP contribution in [-0.2, 0) is 5.41 Å². The molecule has 1 aliphatic rings. The smallest absolute Gasteiger partial charge is 0.0639 e. The van der Waals surface area contributed by atoms with Crippen LogP contribution in [0.4, 0.5) is 0 Å². The van der Waals surface area contributed by atoms with Gasteiger partial charge in [-0.05, 0) is 56.6 Å². The zero-order valence-corrected chi connectivity index (χ0v) is 11.2. The Bertz CT molecular complexity index is 1060. The molecule has 0 aliphatic heterocycles. The van der Waals surface area contributed by atoms with Gasteiger partial charge in [0.2, 0.25) is 0 Å². The van der Waals surface area contributed by atoms with Gasteiger partial charge in [-0.15, -0.1) is 0 Å². The number of nitrogens with zero attached hydrogens (tertiary/aromatic N) is 1. The topological polar surface area (TPSA) is 3.24 Å². The second-order valence-corrected chi connectivity index (χ2v) is 4.68. The monoisotopic (exact) mass is 298 g/mol. The predicted octanol–water partition coefficient (Wildman–Crippen LogP) is 4.74. The van der Waals surface area contributed by atoms with Gasteiger partial charge in [0, 0.05) is 37.0 Å². The van der Waals surface area contributed by atoms with Crippen LogP contribution in [0.5, 0.6) is 0 Å². The standard InChI is InChI=1S/C17H26ClN/c1-13(2)12-16(19(3)4)17(10-5-11-17)14-6-8-15(18)9-7-14/h6-9,13,16H,5,10-12H2,1-4H3/i3D3,4D3,5D2,6D,7D,8D,9D,10D2,11D2,12D2,16D. The Morgan fingerprint density at radius 3 is 2.63 bits per heavy atom. The fourth-order valence-electron chi connectivity index (χ4n) is 1.65. The average molecular weight is 299 g/mol. The first-order valence-corrected chi connectivity index (χ1v) is 5.93. The summed E-state index contributed by atoms with van der Waals surface area (Å²) < 4.78 is 159. The summed E-state index contributed by atoms with van der Waals surface area (Å²) in [6, 6.07) is -8.98. The number of hydrogen-bond acceptors (Lipinski definition) is 1. The van der Waals surface area contributed by atoms with Crippen molar-refractivity contribution in [3.63, 3.8) is 0 Å². The van der Waals surface area contributed by atoms with Crippen molar-refractivity contribution in [1.82, 2.24) is 4.90 Å².